The molecule has 0 atom stereocenters. The van der Waals surface area contributed by atoms with E-state index < -0.39 is 0 Å². The van der Waals surface area contributed by atoms with Gasteiger partial charge >= 0.3 is 0 Å². The highest BCUT2D eigenvalue weighted by molar-refractivity contribution is 7.99. The standard InChI is InChI=1S/C14H20N2OS/c1-3-18-8-4-7-16-11-13-9-12(10-15)5-6-14(13)17-2/h5-6,9,16H,3-4,7-8,11H2,1-2H3. The zero-order valence-electron chi connectivity index (χ0n) is 11.0. The number of rotatable bonds is 8. The second-order valence-corrected chi connectivity index (χ2v) is 5.26. The lowest BCUT2D eigenvalue weighted by Crippen LogP contribution is -2.16. The first-order valence-electron chi connectivity index (χ1n) is 6.17. The summed E-state index contributed by atoms with van der Waals surface area (Å²) in [4.78, 5) is 0. The summed E-state index contributed by atoms with van der Waals surface area (Å²) < 4.78 is 5.29. The van der Waals surface area contributed by atoms with Gasteiger partial charge in [0.1, 0.15) is 5.75 Å². The Morgan fingerprint density at radius 1 is 1.44 bits per heavy atom. The molecular weight excluding hydrogens is 244 g/mol. The molecule has 0 amide bonds. The molecule has 0 spiro atoms. The van der Waals surface area contributed by atoms with Crippen molar-refractivity contribution in [1.29, 1.82) is 5.26 Å². The van der Waals surface area contributed by atoms with Crippen molar-refractivity contribution in [3.8, 4) is 11.8 Å². The molecule has 4 heteroatoms. The molecule has 0 unspecified atom stereocenters. The van der Waals surface area contributed by atoms with Crippen LogP contribution in [0.15, 0.2) is 18.2 Å². The average molecular weight is 264 g/mol. The van der Waals surface area contributed by atoms with Crippen LogP contribution in [0.2, 0.25) is 0 Å². The maximum Gasteiger partial charge on any atom is 0.123 e. The highest BCUT2D eigenvalue weighted by atomic mass is 32.2. The molecule has 0 heterocycles. The molecule has 0 fully saturated rings. The van der Waals surface area contributed by atoms with E-state index in [9.17, 15) is 0 Å². The number of nitrogens with one attached hydrogen (secondary N) is 1. The summed E-state index contributed by atoms with van der Waals surface area (Å²) in [6, 6.07) is 7.66. The van der Waals surface area contributed by atoms with Crippen LogP contribution in [-0.2, 0) is 6.54 Å². The predicted molar refractivity (Wildman–Crippen MR) is 77.0 cm³/mol. The van der Waals surface area contributed by atoms with Crippen LogP contribution in [0.4, 0.5) is 0 Å². The number of hydrogen-bond donors (Lipinski definition) is 1. The summed E-state index contributed by atoms with van der Waals surface area (Å²) in [7, 11) is 1.66. The molecule has 0 radical (unpaired) electrons. The molecule has 1 rings (SSSR count). The molecule has 3 nitrogen and oxygen atoms in total. The van der Waals surface area contributed by atoms with Crippen LogP contribution in [0, 0.1) is 11.3 Å². The van der Waals surface area contributed by atoms with Crippen LogP contribution in [-0.4, -0.2) is 25.2 Å². The Morgan fingerprint density at radius 3 is 2.94 bits per heavy atom. The van der Waals surface area contributed by atoms with Crippen LogP contribution in [0.3, 0.4) is 0 Å². The normalized spacial score (nSPS) is 10.1. The van der Waals surface area contributed by atoms with Crippen LogP contribution in [0.5, 0.6) is 5.75 Å². The van der Waals surface area contributed by atoms with Gasteiger partial charge in [-0.3, -0.25) is 0 Å². The molecule has 0 saturated carbocycles. The first-order valence-corrected chi connectivity index (χ1v) is 7.32. The summed E-state index contributed by atoms with van der Waals surface area (Å²) in [5.41, 5.74) is 1.72. The molecule has 1 N–H and O–H groups in total. The largest absolute Gasteiger partial charge is 0.496 e. The van der Waals surface area contributed by atoms with Crippen LogP contribution < -0.4 is 10.1 Å². The molecule has 1 aromatic rings. The zero-order valence-corrected chi connectivity index (χ0v) is 11.8. The Kier molecular flexibility index (Phi) is 7.31. The fourth-order valence-corrected chi connectivity index (χ4v) is 2.29. The van der Waals surface area contributed by atoms with Gasteiger partial charge in [0.25, 0.3) is 0 Å². The lowest BCUT2D eigenvalue weighted by Gasteiger charge is -2.10. The second-order valence-electron chi connectivity index (χ2n) is 3.87. The molecule has 0 aliphatic carbocycles. The van der Waals surface area contributed by atoms with Gasteiger partial charge in [0, 0.05) is 12.1 Å². The first kappa shape index (κ1) is 14.9. The summed E-state index contributed by atoms with van der Waals surface area (Å²) in [5.74, 6) is 3.21. The monoisotopic (exact) mass is 264 g/mol. The van der Waals surface area contributed by atoms with Crippen molar-refractivity contribution in [3.05, 3.63) is 29.3 Å². The zero-order chi connectivity index (χ0) is 13.2. The Balaban J connectivity index is 2.43. The number of ether oxygens (including phenoxy) is 1. The summed E-state index contributed by atoms with van der Waals surface area (Å²) in [5, 5.41) is 12.3. The van der Waals surface area contributed by atoms with Crippen molar-refractivity contribution in [2.24, 2.45) is 0 Å². The molecule has 0 bridgehead atoms. The fourth-order valence-electron chi connectivity index (χ4n) is 1.65. The van der Waals surface area contributed by atoms with Gasteiger partial charge in [-0.15, -0.1) is 0 Å². The van der Waals surface area contributed by atoms with Crippen LogP contribution >= 0.6 is 11.8 Å². The highest BCUT2D eigenvalue weighted by Gasteiger charge is 2.03. The van der Waals surface area contributed by atoms with Crippen LogP contribution in [0.1, 0.15) is 24.5 Å². The van der Waals surface area contributed by atoms with E-state index in [2.05, 4.69) is 18.3 Å². The van der Waals surface area contributed by atoms with E-state index in [1.54, 1.807) is 13.2 Å². The Bertz CT molecular complexity index is 401. The predicted octanol–water partition coefficient (Wildman–Crippen LogP) is 2.80. The van der Waals surface area contributed by atoms with Crippen molar-refractivity contribution in [2.45, 2.75) is 19.9 Å². The smallest absolute Gasteiger partial charge is 0.123 e. The topological polar surface area (TPSA) is 45.0 Å². The number of nitrogens with zero attached hydrogens (tertiary/aromatic N) is 1. The van der Waals surface area contributed by atoms with Crippen molar-refractivity contribution in [2.75, 3.05) is 25.2 Å². The van der Waals surface area contributed by atoms with Crippen LogP contribution in [0.25, 0.3) is 0 Å². The van der Waals surface area contributed by atoms with Crippen molar-refractivity contribution < 1.29 is 4.74 Å². The van der Waals surface area contributed by atoms with Crippen molar-refractivity contribution >= 4 is 11.8 Å². The van der Waals surface area contributed by atoms with Gasteiger partial charge in [0.2, 0.25) is 0 Å². The van der Waals surface area contributed by atoms with E-state index in [0.717, 1.165) is 24.4 Å². The van der Waals surface area contributed by atoms with Gasteiger partial charge in [0.05, 0.1) is 18.7 Å². The molecule has 18 heavy (non-hydrogen) atoms. The third-order valence-electron chi connectivity index (χ3n) is 2.57. The average Bonchev–Trinajstić information content (AvgIpc) is 2.42. The number of benzene rings is 1. The second kappa shape index (κ2) is 8.84. The van der Waals surface area contributed by atoms with Gasteiger partial charge in [-0.2, -0.15) is 17.0 Å². The van der Waals surface area contributed by atoms with Crippen molar-refractivity contribution in [3.63, 3.8) is 0 Å². The molecular formula is C14H20N2OS. The molecule has 0 aliphatic rings. The highest BCUT2D eigenvalue weighted by Crippen LogP contribution is 2.19. The quantitative estimate of drug-likeness (QED) is 0.733. The van der Waals surface area contributed by atoms with E-state index in [4.69, 9.17) is 10.00 Å². The maximum absolute atomic E-state index is 8.88. The van der Waals surface area contributed by atoms with Crippen molar-refractivity contribution in [1.82, 2.24) is 5.32 Å². The summed E-state index contributed by atoms with van der Waals surface area (Å²) in [6.45, 7) is 3.92. The molecule has 0 aliphatic heterocycles. The third-order valence-corrected chi connectivity index (χ3v) is 3.56. The lowest BCUT2D eigenvalue weighted by atomic mass is 10.1. The molecule has 1 aromatic carbocycles. The lowest BCUT2D eigenvalue weighted by molar-refractivity contribution is 0.407. The molecule has 98 valence electrons. The van der Waals surface area contributed by atoms with Gasteiger partial charge in [-0.1, -0.05) is 6.92 Å². The van der Waals surface area contributed by atoms with E-state index in [0.29, 0.717) is 5.56 Å². The van der Waals surface area contributed by atoms with E-state index in [1.807, 2.05) is 23.9 Å². The Hall–Kier alpha value is -1.18. The number of methoxy groups -OCH3 is 1. The summed E-state index contributed by atoms with van der Waals surface area (Å²) >= 11 is 1.96. The molecule has 0 aromatic heterocycles. The minimum absolute atomic E-state index is 0.675. The number of thioether (sulfide) groups is 1. The molecule has 0 saturated heterocycles. The fraction of sp³-hybridized carbons (Fsp3) is 0.500. The minimum atomic E-state index is 0.675. The maximum atomic E-state index is 8.88. The van der Waals surface area contributed by atoms with Gasteiger partial charge in [-0.25, -0.2) is 0 Å². The SMILES string of the molecule is CCSCCCNCc1cc(C#N)ccc1OC. The van der Waals surface area contributed by atoms with E-state index in [-0.39, 0.29) is 0 Å². The third kappa shape index (κ3) is 4.99. The first-order chi connectivity index (χ1) is 8.81. The summed E-state index contributed by atoms with van der Waals surface area (Å²) in [6.07, 6.45) is 1.17. The van der Waals surface area contributed by atoms with E-state index in [1.165, 1.54) is 17.9 Å². The number of hydrogen-bond acceptors (Lipinski definition) is 4. The van der Waals surface area contributed by atoms with Gasteiger partial charge < -0.3 is 10.1 Å². The minimum Gasteiger partial charge on any atom is -0.496 e. The Labute approximate surface area is 114 Å². The van der Waals surface area contributed by atoms with E-state index >= 15 is 0 Å². The Morgan fingerprint density at radius 2 is 2.28 bits per heavy atom. The number of nitriles is 1. The van der Waals surface area contributed by atoms with Gasteiger partial charge in [-0.05, 0) is 42.7 Å². The van der Waals surface area contributed by atoms with Gasteiger partial charge in [0.15, 0.2) is 0 Å².